The van der Waals surface area contributed by atoms with Gasteiger partial charge < -0.3 is 10.1 Å². The van der Waals surface area contributed by atoms with Gasteiger partial charge in [0.1, 0.15) is 0 Å². The summed E-state index contributed by atoms with van der Waals surface area (Å²) in [4.78, 5) is 60.7. The van der Waals surface area contributed by atoms with E-state index >= 15 is 0 Å². The van der Waals surface area contributed by atoms with Gasteiger partial charge in [-0.2, -0.15) is 0 Å². The fraction of sp³-hybridized carbons (Fsp3) is 0.421. The molecule has 1 saturated heterocycles. The van der Waals surface area contributed by atoms with Crippen molar-refractivity contribution in [2.75, 3.05) is 4.90 Å². The van der Waals surface area contributed by atoms with Crippen molar-refractivity contribution in [3.63, 3.8) is 0 Å². The first-order valence-corrected chi connectivity index (χ1v) is 8.78. The van der Waals surface area contributed by atoms with Crippen molar-refractivity contribution in [2.45, 2.75) is 52.2 Å². The zero-order valence-corrected chi connectivity index (χ0v) is 16.2. The number of hydrogen-bond acceptors (Lipinski definition) is 6. The van der Waals surface area contributed by atoms with Crippen LogP contribution in [0.25, 0.3) is 0 Å². The standard InChI is InChI=1S/C19H23N3O6/c1-11(16(25)20-18(27)21-19(2,3)4)28-17(26)12-6-5-7-13(10-12)22-14(23)8-9-15(22)24/h5-7,10-11H,8-9H2,1-4H3,(H2,20,21,25,27)/t11-/m1/s1. The van der Waals surface area contributed by atoms with E-state index in [2.05, 4.69) is 10.6 Å². The number of nitrogens with one attached hydrogen (secondary N) is 2. The zero-order valence-electron chi connectivity index (χ0n) is 16.2. The second-order valence-corrected chi connectivity index (χ2v) is 7.41. The minimum Gasteiger partial charge on any atom is -0.449 e. The van der Waals surface area contributed by atoms with Gasteiger partial charge >= 0.3 is 12.0 Å². The predicted molar refractivity (Wildman–Crippen MR) is 99.5 cm³/mol. The molecule has 9 heteroatoms. The van der Waals surface area contributed by atoms with Gasteiger partial charge in [-0.05, 0) is 45.9 Å². The van der Waals surface area contributed by atoms with Crippen LogP contribution >= 0.6 is 0 Å². The topological polar surface area (TPSA) is 122 Å². The molecule has 1 aliphatic rings. The van der Waals surface area contributed by atoms with Gasteiger partial charge in [0.2, 0.25) is 11.8 Å². The van der Waals surface area contributed by atoms with Crippen LogP contribution in [-0.2, 0) is 19.1 Å². The third-order valence-corrected chi connectivity index (χ3v) is 3.77. The lowest BCUT2D eigenvalue weighted by Gasteiger charge is -2.21. The molecule has 28 heavy (non-hydrogen) atoms. The summed E-state index contributed by atoms with van der Waals surface area (Å²) in [7, 11) is 0. The van der Waals surface area contributed by atoms with E-state index in [0.717, 1.165) is 4.90 Å². The lowest BCUT2D eigenvalue weighted by Crippen LogP contribution is -2.50. The Hall–Kier alpha value is -3.23. The molecule has 0 aliphatic carbocycles. The summed E-state index contributed by atoms with van der Waals surface area (Å²) < 4.78 is 5.08. The first-order chi connectivity index (χ1) is 13.0. The minimum atomic E-state index is -1.23. The van der Waals surface area contributed by atoms with E-state index < -0.39 is 29.6 Å². The van der Waals surface area contributed by atoms with Crippen LogP contribution in [0.15, 0.2) is 24.3 Å². The third kappa shape index (κ3) is 5.38. The number of carbonyl (C=O) groups excluding carboxylic acids is 5. The first-order valence-electron chi connectivity index (χ1n) is 8.78. The van der Waals surface area contributed by atoms with E-state index in [4.69, 9.17) is 4.74 Å². The van der Waals surface area contributed by atoms with Crippen LogP contribution in [0.2, 0.25) is 0 Å². The molecule has 1 aromatic carbocycles. The minimum absolute atomic E-state index is 0.0730. The number of hydrogen-bond donors (Lipinski definition) is 2. The molecular weight excluding hydrogens is 366 g/mol. The molecule has 1 atom stereocenters. The van der Waals surface area contributed by atoms with E-state index in [1.807, 2.05) is 0 Å². The normalized spacial score (nSPS) is 15.2. The predicted octanol–water partition coefficient (Wildman–Crippen LogP) is 1.51. The molecule has 1 fully saturated rings. The van der Waals surface area contributed by atoms with E-state index in [0.29, 0.717) is 0 Å². The largest absolute Gasteiger partial charge is 0.449 e. The van der Waals surface area contributed by atoms with E-state index in [-0.39, 0.29) is 35.9 Å². The molecule has 0 unspecified atom stereocenters. The fourth-order valence-electron chi connectivity index (χ4n) is 2.50. The second-order valence-electron chi connectivity index (χ2n) is 7.41. The highest BCUT2D eigenvalue weighted by Crippen LogP contribution is 2.23. The molecule has 1 aliphatic heterocycles. The summed E-state index contributed by atoms with van der Waals surface area (Å²) in [6, 6.07) is 5.12. The molecular formula is C19H23N3O6. The van der Waals surface area contributed by atoms with Gasteiger partial charge in [-0.1, -0.05) is 6.07 Å². The van der Waals surface area contributed by atoms with Gasteiger partial charge in [-0.3, -0.25) is 24.6 Å². The Morgan fingerprint density at radius 2 is 1.71 bits per heavy atom. The van der Waals surface area contributed by atoms with Crippen molar-refractivity contribution >= 4 is 35.4 Å². The summed E-state index contributed by atoms with van der Waals surface area (Å²) in [6.07, 6.45) is -0.972. The molecule has 9 nitrogen and oxygen atoms in total. The fourth-order valence-corrected chi connectivity index (χ4v) is 2.50. The van der Waals surface area contributed by atoms with Crippen LogP contribution in [0, 0.1) is 0 Å². The van der Waals surface area contributed by atoms with Gasteiger partial charge in [0.15, 0.2) is 6.10 Å². The SMILES string of the molecule is C[C@@H](OC(=O)c1cccc(N2C(=O)CCC2=O)c1)C(=O)NC(=O)NC(C)(C)C. The van der Waals surface area contributed by atoms with Crippen LogP contribution in [0.5, 0.6) is 0 Å². The highest BCUT2D eigenvalue weighted by molar-refractivity contribution is 6.20. The maximum atomic E-state index is 12.3. The molecule has 1 aromatic rings. The number of carbonyl (C=O) groups is 5. The Morgan fingerprint density at radius 1 is 1.11 bits per heavy atom. The summed E-state index contributed by atoms with van der Waals surface area (Å²) in [6.45, 7) is 6.59. The number of esters is 1. The summed E-state index contributed by atoms with van der Waals surface area (Å²) >= 11 is 0. The smallest absolute Gasteiger partial charge is 0.338 e. The molecule has 0 spiro atoms. The highest BCUT2D eigenvalue weighted by Gasteiger charge is 2.31. The van der Waals surface area contributed by atoms with Crippen molar-refractivity contribution in [1.82, 2.24) is 10.6 Å². The van der Waals surface area contributed by atoms with Crippen molar-refractivity contribution in [2.24, 2.45) is 0 Å². The van der Waals surface area contributed by atoms with Gasteiger partial charge in [-0.15, -0.1) is 0 Å². The number of rotatable bonds is 4. The molecule has 2 rings (SSSR count). The monoisotopic (exact) mass is 389 g/mol. The molecule has 0 radical (unpaired) electrons. The average Bonchev–Trinajstić information content (AvgIpc) is 2.91. The van der Waals surface area contributed by atoms with Gasteiger partial charge in [0.05, 0.1) is 11.3 Å². The Labute approximate surface area is 162 Å². The Kier molecular flexibility index (Phi) is 6.17. The molecule has 0 bridgehead atoms. The van der Waals surface area contributed by atoms with E-state index in [1.165, 1.54) is 31.2 Å². The van der Waals surface area contributed by atoms with Crippen LogP contribution in [0.3, 0.4) is 0 Å². The molecule has 0 saturated carbocycles. The number of imide groups is 2. The number of urea groups is 1. The van der Waals surface area contributed by atoms with Crippen LogP contribution < -0.4 is 15.5 Å². The molecule has 150 valence electrons. The number of ether oxygens (including phenoxy) is 1. The maximum Gasteiger partial charge on any atom is 0.338 e. The number of amides is 5. The van der Waals surface area contributed by atoms with Gasteiger partial charge in [-0.25, -0.2) is 9.59 Å². The van der Waals surface area contributed by atoms with E-state index in [1.54, 1.807) is 20.8 Å². The number of nitrogens with zero attached hydrogens (tertiary/aromatic N) is 1. The number of anilines is 1. The molecule has 2 N–H and O–H groups in total. The Morgan fingerprint density at radius 3 is 2.29 bits per heavy atom. The second kappa shape index (κ2) is 8.20. The Bertz CT molecular complexity index is 811. The van der Waals surface area contributed by atoms with Crippen molar-refractivity contribution in [1.29, 1.82) is 0 Å². The third-order valence-electron chi connectivity index (χ3n) is 3.77. The van der Waals surface area contributed by atoms with Gasteiger partial charge in [0, 0.05) is 18.4 Å². The maximum absolute atomic E-state index is 12.3. The van der Waals surface area contributed by atoms with Crippen molar-refractivity contribution in [3.8, 4) is 0 Å². The van der Waals surface area contributed by atoms with Crippen LogP contribution in [0.4, 0.5) is 10.5 Å². The quantitative estimate of drug-likeness (QED) is 0.595. The average molecular weight is 389 g/mol. The summed E-state index contributed by atoms with van der Waals surface area (Å²) in [5.41, 5.74) is -0.192. The van der Waals surface area contributed by atoms with Crippen molar-refractivity contribution < 1.29 is 28.7 Å². The number of benzene rings is 1. The Balaban J connectivity index is 2.01. The van der Waals surface area contributed by atoms with Gasteiger partial charge in [0.25, 0.3) is 5.91 Å². The lowest BCUT2D eigenvalue weighted by atomic mass is 10.1. The molecule has 0 aromatic heterocycles. The summed E-state index contributed by atoms with van der Waals surface area (Å²) in [5.74, 6) is -2.28. The first kappa shape index (κ1) is 21.1. The van der Waals surface area contributed by atoms with E-state index in [9.17, 15) is 24.0 Å². The lowest BCUT2D eigenvalue weighted by molar-refractivity contribution is -0.128. The van der Waals surface area contributed by atoms with Crippen LogP contribution in [-0.4, -0.2) is 41.4 Å². The molecule has 1 heterocycles. The highest BCUT2D eigenvalue weighted by atomic mass is 16.5. The van der Waals surface area contributed by atoms with Crippen LogP contribution in [0.1, 0.15) is 50.9 Å². The summed E-state index contributed by atoms with van der Waals surface area (Å²) in [5, 5.41) is 4.65. The molecule has 5 amide bonds. The zero-order chi connectivity index (χ0) is 21.1. The van der Waals surface area contributed by atoms with Crippen molar-refractivity contribution in [3.05, 3.63) is 29.8 Å².